The fourth-order valence-corrected chi connectivity index (χ4v) is 2.83. The van der Waals surface area contributed by atoms with Gasteiger partial charge in [-0.05, 0) is 59.5 Å². The molecule has 2 aromatic rings. The Hall–Kier alpha value is -0.530. The minimum atomic E-state index is -0.303. The van der Waals surface area contributed by atoms with Gasteiger partial charge in [-0.2, -0.15) is 0 Å². The zero-order valence-electron chi connectivity index (χ0n) is 9.62. The molecule has 0 fully saturated rings. The van der Waals surface area contributed by atoms with Crippen LogP contribution >= 0.6 is 38.5 Å². The number of aromatic nitrogens is 1. The van der Waals surface area contributed by atoms with E-state index in [1.54, 1.807) is 12.3 Å². The first-order valence-corrected chi connectivity index (χ1v) is 7.22. The molecular formula is C13H11BrFIN2. The molecular weight excluding hydrogens is 410 g/mol. The first kappa shape index (κ1) is 13.9. The summed E-state index contributed by atoms with van der Waals surface area (Å²) in [6.07, 6.45) is 2.84. The van der Waals surface area contributed by atoms with Crippen LogP contribution in [-0.2, 0) is 0 Å². The van der Waals surface area contributed by atoms with Crippen molar-refractivity contribution in [1.82, 2.24) is 10.3 Å². The molecule has 2 rings (SSSR count). The Morgan fingerprint density at radius 1 is 1.33 bits per heavy atom. The highest BCUT2D eigenvalue weighted by Gasteiger charge is 2.18. The van der Waals surface area contributed by atoms with Gasteiger partial charge in [-0.25, -0.2) is 4.39 Å². The van der Waals surface area contributed by atoms with E-state index in [4.69, 9.17) is 0 Å². The average Bonchev–Trinajstić information content (AvgIpc) is 2.36. The maximum atomic E-state index is 13.8. The normalized spacial score (nSPS) is 12.4. The van der Waals surface area contributed by atoms with E-state index in [0.29, 0.717) is 5.56 Å². The molecule has 1 aromatic heterocycles. The van der Waals surface area contributed by atoms with Crippen LogP contribution in [0.25, 0.3) is 0 Å². The summed E-state index contributed by atoms with van der Waals surface area (Å²) in [6.45, 7) is 0. The molecule has 0 saturated carbocycles. The minimum Gasteiger partial charge on any atom is -0.309 e. The summed E-state index contributed by atoms with van der Waals surface area (Å²) in [5, 5.41) is 3.14. The second kappa shape index (κ2) is 6.08. The van der Waals surface area contributed by atoms with Gasteiger partial charge in [0, 0.05) is 19.8 Å². The van der Waals surface area contributed by atoms with E-state index in [-0.39, 0.29) is 11.9 Å². The molecule has 5 heteroatoms. The van der Waals surface area contributed by atoms with Crippen LogP contribution in [0.15, 0.2) is 41.1 Å². The molecule has 0 aliphatic heterocycles. The molecule has 0 spiro atoms. The smallest absolute Gasteiger partial charge is 0.146 e. The summed E-state index contributed by atoms with van der Waals surface area (Å²) in [5.74, 6) is -0.303. The van der Waals surface area contributed by atoms with Gasteiger partial charge in [0.25, 0.3) is 0 Å². The second-order valence-corrected chi connectivity index (χ2v) is 5.88. The molecule has 0 aliphatic rings. The number of rotatable bonds is 3. The van der Waals surface area contributed by atoms with Crippen molar-refractivity contribution in [2.24, 2.45) is 0 Å². The first-order chi connectivity index (χ1) is 8.63. The molecule has 0 radical (unpaired) electrons. The van der Waals surface area contributed by atoms with Crippen molar-refractivity contribution in [3.8, 4) is 0 Å². The van der Waals surface area contributed by atoms with E-state index in [1.807, 2.05) is 25.2 Å². The SMILES string of the molecule is CNC(c1ccncc1F)c1cc(I)ccc1Br. The van der Waals surface area contributed by atoms with Crippen LogP contribution in [0.3, 0.4) is 0 Å². The number of nitrogens with one attached hydrogen (secondary N) is 1. The number of halogens is 3. The van der Waals surface area contributed by atoms with Gasteiger partial charge in [0.05, 0.1) is 12.2 Å². The lowest BCUT2D eigenvalue weighted by molar-refractivity contribution is 0.570. The minimum absolute atomic E-state index is 0.197. The summed E-state index contributed by atoms with van der Waals surface area (Å²) in [4.78, 5) is 3.78. The fraction of sp³-hybridized carbons (Fsp3) is 0.154. The van der Waals surface area contributed by atoms with Crippen LogP contribution in [0.2, 0.25) is 0 Å². The highest BCUT2D eigenvalue weighted by Crippen LogP contribution is 2.30. The monoisotopic (exact) mass is 420 g/mol. The summed E-state index contributed by atoms with van der Waals surface area (Å²) >= 11 is 5.76. The molecule has 0 bridgehead atoms. The molecule has 1 unspecified atom stereocenters. The van der Waals surface area contributed by atoms with Crippen molar-refractivity contribution in [2.45, 2.75) is 6.04 Å². The maximum absolute atomic E-state index is 13.8. The zero-order chi connectivity index (χ0) is 13.1. The van der Waals surface area contributed by atoms with Crippen molar-refractivity contribution >= 4 is 38.5 Å². The molecule has 1 heterocycles. The van der Waals surface area contributed by atoms with E-state index in [1.165, 1.54) is 6.20 Å². The molecule has 1 atom stereocenters. The molecule has 2 nitrogen and oxygen atoms in total. The highest BCUT2D eigenvalue weighted by atomic mass is 127. The predicted octanol–water partition coefficient (Wildman–Crippen LogP) is 3.90. The van der Waals surface area contributed by atoms with Gasteiger partial charge in [-0.15, -0.1) is 0 Å². The molecule has 18 heavy (non-hydrogen) atoms. The van der Waals surface area contributed by atoms with Crippen molar-refractivity contribution in [1.29, 1.82) is 0 Å². The third-order valence-corrected chi connectivity index (χ3v) is 4.07. The molecule has 0 saturated heterocycles. The molecule has 0 aliphatic carbocycles. The Balaban J connectivity index is 2.52. The Morgan fingerprint density at radius 2 is 2.11 bits per heavy atom. The Morgan fingerprint density at radius 3 is 2.78 bits per heavy atom. The van der Waals surface area contributed by atoms with Gasteiger partial charge < -0.3 is 5.32 Å². The standard InChI is InChI=1S/C13H11BrFIN2/c1-17-13(9-4-5-18-7-12(9)15)10-6-8(16)2-3-11(10)14/h2-7,13,17H,1H3. The Labute approximate surface area is 127 Å². The topological polar surface area (TPSA) is 24.9 Å². The predicted molar refractivity (Wildman–Crippen MR) is 82.0 cm³/mol. The van der Waals surface area contributed by atoms with Crippen LogP contribution in [0.5, 0.6) is 0 Å². The van der Waals surface area contributed by atoms with Crippen molar-refractivity contribution < 1.29 is 4.39 Å². The lowest BCUT2D eigenvalue weighted by atomic mass is 9.99. The number of hydrogen-bond donors (Lipinski definition) is 1. The van der Waals surface area contributed by atoms with Gasteiger partial charge in [0.15, 0.2) is 0 Å². The van der Waals surface area contributed by atoms with Gasteiger partial charge in [0.1, 0.15) is 5.82 Å². The summed E-state index contributed by atoms with van der Waals surface area (Å²) in [6, 6.07) is 7.51. The zero-order valence-corrected chi connectivity index (χ0v) is 13.4. The van der Waals surface area contributed by atoms with Crippen LogP contribution in [-0.4, -0.2) is 12.0 Å². The largest absolute Gasteiger partial charge is 0.309 e. The van der Waals surface area contributed by atoms with Crippen molar-refractivity contribution in [3.05, 3.63) is 61.6 Å². The number of pyridine rings is 1. The Bertz CT molecular complexity index is 562. The van der Waals surface area contributed by atoms with Crippen LogP contribution in [0, 0.1) is 9.39 Å². The molecule has 1 N–H and O–H groups in total. The first-order valence-electron chi connectivity index (χ1n) is 5.35. The highest BCUT2D eigenvalue weighted by molar-refractivity contribution is 14.1. The number of benzene rings is 1. The average molecular weight is 421 g/mol. The quantitative estimate of drug-likeness (QED) is 0.762. The lowest BCUT2D eigenvalue weighted by Gasteiger charge is -2.19. The number of nitrogens with zero attached hydrogens (tertiary/aromatic N) is 1. The van der Waals surface area contributed by atoms with E-state index in [2.05, 4.69) is 48.8 Å². The fourth-order valence-electron chi connectivity index (χ4n) is 1.83. The van der Waals surface area contributed by atoms with Crippen LogP contribution in [0.1, 0.15) is 17.2 Å². The molecule has 94 valence electrons. The summed E-state index contributed by atoms with van der Waals surface area (Å²) in [5.41, 5.74) is 1.60. The van der Waals surface area contributed by atoms with Gasteiger partial charge in [0.2, 0.25) is 0 Å². The molecule has 0 amide bonds. The lowest BCUT2D eigenvalue weighted by Crippen LogP contribution is -2.19. The summed E-state index contributed by atoms with van der Waals surface area (Å²) in [7, 11) is 1.82. The van der Waals surface area contributed by atoms with Crippen molar-refractivity contribution in [3.63, 3.8) is 0 Å². The van der Waals surface area contributed by atoms with Crippen molar-refractivity contribution in [2.75, 3.05) is 7.05 Å². The van der Waals surface area contributed by atoms with Gasteiger partial charge >= 0.3 is 0 Å². The van der Waals surface area contributed by atoms with E-state index >= 15 is 0 Å². The van der Waals surface area contributed by atoms with Gasteiger partial charge in [-0.3, -0.25) is 4.98 Å². The van der Waals surface area contributed by atoms with Gasteiger partial charge in [-0.1, -0.05) is 15.9 Å². The maximum Gasteiger partial charge on any atom is 0.146 e. The van der Waals surface area contributed by atoms with E-state index in [9.17, 15) is 4.39 Å². The van der Waals surface area contributed by atoms with Crippen LogP contribution in [0.4, 0.5) is 4.39 Å². The number of hydrogen-bond acceptors (Lipinski definition) is 2. The van der Waals surface area contributed by atoms with E-state index in [0.717, 1.165) is 13.6 Å². The third-order valence-electron chi connectivity index (χ3n) is 2.67. The van der Waals surface area contributed by atoms with E-state index < -0.39 is 0 Å². The van der Waals surface area contributed by atoms with Crippen LogP contribution < -0.4 is 5.32 Å². The summed E-state index contributed by atoms with van der Waals surface area (Å²) < 4.78 is 15.9. The second-order valence-electron chi connectivity index (χ2n) is 3.78. The third kappa shape index (κ3) is 2.89. The molecule has 1 aromatic carbocycles. The Kier molecular flexibility index (Phi) is 4.69.